The lowest BCUT2D eigenvalue weighted by atomic mass is 10.1. The Morgan fingerprint density at radius 1 is 1.24 bits per heavy atom. The van der Waals surface area contributed by atoms with Gasteiger partial charge >= 0.3 is 0 Å². The van der Waals surface area contributed by atoms with Crippen molar-refractivity contribution in [3.63, 3.8) is 0 Å². The molecule has 0 fully saturated rings. The quantitative estimate of drug-likeness (QED) is 0.887. The van der Waals surface area contributed by atoms with Crippen LogP contribution in [0.25, 0.3) is 0 Å². The maximum absolute atomic E-state index is 12.6. The molecule has 6 heteroatoms. The van der Waals surface area contributed by atoms with E-state index in [2.05, 4.69) is 0 Å². The van der Waals surface area contributed by atoms with E-state index in [-0.39, 0.29) is 11.4 Å². The van der Waals surface area contributed by atoms with Crippen molar-refractivity contribution in [3.05, 3.63) is 53.5 Å². The summed E-state index contributed by atoms with van der Waals surface area (Å²) < 4.78 is 31.4. The summed E-state index contributed by atoms with van der Waals surface area (Å²) in [5.74, 6) is 0. The minimum Gasteiger partial charge on any atom is -0.472 e. The topological polar surface area (TPSA) is 76.5 Å². The van der Waals surface area contributed by atoms with Crippen molar-refractivity contribution in [2.45, 2.75) is 31.3 Å². The Kier molecular flexibility index (Phi) is 4.82. The van der Waals surface area contributed by atoms with E-state index in [1.165, 1.54) is 16.8 Å². The van der Waals surface area contributed by atoms with E-state index in [9.17, 15) is 8.42 Å². The highest BCUT2D eigenvalue weighted by Crippen LogP contribution is 2.21. The van der Waals surface area contributed by atoms with Crippen molar-refractivity contribution in [1.29, 1.82) is 0 Å². The van der Waals surface area contributed by atoms with Crippen molar-refractivity contribution < 1.29 is 12.8 Å². The maximum Gasteiger partial charge on any atom is 0.243 e. The molecule has 1 aromatic carbocycles. The molecule has 0 amide bonds. The van der Waals surface area contributed by atoms with Gasteiger partial charge in [-0.3, -0.25) is 0 Å². The van der Waals surface area contributed by atoms with Gasteiger partial charge in [0.05, 0.1) is 17.4 Å². The van der Waals surface area contributed by atoms with Gasteiger partial charge in [0.25, 0.3) is 0 Å². The summed E-state index contributed by atoms with van der Waals surface area (Å²) in [5.41, 5.74) is 8.46. The number of sulfonamides is 1. The molecule has 0 spiro atoms. The predicted molar refractivity (Wildman–Crippen MR) is 81.1 cm³/mol. The number of nitrogens with zero attached hydrogens (tertiary/aromatic N) is 1. The third-order valence-electron chi connectivity index (χ3n) is 3.47. The van der Waals surface area contributed by atoms with Crippen LogP contribution in [0, 0.1) is 0 Å². The fourth-order valence-electron chi connectivity index (χ4n) is 2.20. The van der Waals surface area contributed by atoms with Crippen LogP contribution in [0.3, 0.4) is 0 Å². The van der Waals surface area contributed by atoms with Crippen LogP contribution < -0.4 is 5.73 Å². The average molecular weight is 308 g/mol. The van der Waals surface area contributed by atoms with Gasteiger partial charge in [-0.2, -0.15) is 4.31 Å². The summed E-state index contributed by atoms with van der Waals surface area (Å²) in [6, 6.07) is 6.89. The molecule has 5 nitrogen and oxygen atoms in total. The summed E-state index contributed by atoms with van der Waals surface area (Å²) in [5, 5.41) is 0. The van der Waals surface area contributed by atoms with Crippen LogP contribution in [0.15, 0.2) is 46.1 Å². The Morgan fingerprint density at radius 2 is 2.00 bits per heavy atom. The summed E-state index contributed by atoms with van der Waals surface area (Å²) in [7, 11) is -1.98. The first kappa shape index (κ1) is 15.8. The highest BCUT2D eigenvalue weighted by atomic mass is 32.2. The number of nitrogens with two attached hydrogens (primary N) is 1. The van der Waals surface area contributed by atoms with Crippen LogP contribution in [0.4, 0.5) is 0 Å². The van der Waals surface area contributed by atoms with E-state index in [0.29, 0.717) is 6.54 Å². The number of benzene rings is 1. The largest absolute Gasteiger partial charge is 0.472 e. The molecule has 2 rings (SSSR count). The molecule has 0 bridgehead atoms. The minimum atomic E-state index is -3.54. The Labute approximate surface area is 125 Å². The number of furan rings is 1. The van der Waals surface area contributed by atoms with Crippen molar-refractivity contribution in [2.24, 2.45) is 5.73 Å². The number of aryl methyl sites for hydroxylation is 1. The fraction of sp³-hybridized carbons (Fsp3) is 0.333. The molecule has 0 saturated heterocycles. The highest BCUT2D eigenvalue weighted by Gasteiger charge is 2.22. The van der Waals surface area contributed by atoms with Gasteiger partial charge < -0.3 is 10.2 Å². The molecular formula is C15H20N2O3S. The van der Waals surface area contributed by atoms with Crippen LogP contribution in [0.2, 0.25) is 0 Å². The Bertz CT molecular complexity index is 694. The maximum atomic E-state index is 12.6. The number of hydrogen-bond donors (Lipinski definition) is 1. The third kappa shape index (κ3) is 3.34. The first-order valence-electron chi connectivity index (χ1n) is 6.78. The second-order valence-electron chi connectivity index (χ2n) is 4.88. The van der Waals surface area contributed by atoms with Crippen molar-refractivity contribution in [2.75, 3.05) is 7.05 Å². The normalized spacial score (nSPS) is 12.0. The van der Waals surface area contributed by atoms with Crippen LogP contribution in [0.5, 0.6) is 0 Å². The second kappa shape index (κ2) is 6.43. The summed E-state index contributed by atoms with van der Waals surface area (Å²) in [4.78, 5) is 0.270. The smallest absolute Gasteiger partial charge is 0.243 e. The SMILES string of the molecule is CCc1ccc(S(=O)(=O)N(C)Cc2ccoc2)cc1CN. The second-order valence-corrected chi connectivity index (χ2v) is 6.93. The fourth-order valence-corrected chi connectivity index (χ4v) is 3.41. The Hall–Kier alpha value is -1.63. The van der Waals surface area contributed by atoms with Crippen LogP contribution in [0.1, 0.15) is 23.6 Å². The summed E-state index contributed by atoms with van der Waals surface area (Å²) in [6.07, 6.45) is 3.90. The standard InChI is InChI=1S/C15H20N2O3S/c1-3-13-4-5-15(8-14(13)9-16)21(18,19)17(2)10-12-6-7-20-11-12/h4-8,11H,3,9-10,16H2,1-2H3. The van der Waals surface area contributed by atoms with Gasteiger partial charge in [-0.1, -0.05) is 13.0 Å². The lowest BCUT2D eigenvalue weighted by molar-refractivity contribution is 0.463. The van der Waals surface area contributed by atoms with E-state index >= 15 is 0 Å². The average Bonchev–Trinajstić information content (AvgIpc) is 2.99. The van der Waals surface area contributed by atoms with E-state index < -0.39 is 10.0 Å². The van der Waals surface area contributed by atoms with Crippen LogP contribution in [-0.4, -0.2) is 19.8 Å². The van der Waals surface area contributed by atoms with Gasteiger partial charge in [-0.25, -0.2) is 8.42 Å². The molecule has 0 aliphatic carbocycles. The predicted octanol–water partition coefficient (Wildman–Crippen LogP) is 2.12. The zero-order valence-electron chi connectivity index (χ0n) is 12.2. The van der Waals surface area contributed by atoms with E-state index in [1.807, 2.05) is 13.0 Å². The van der Waals surface area contributed by atoms with Gasteiger partial charge in [0.1, 0.15) is 0 Å². The minimum absolute atomic E-state index is 0.270. The Balaban J connectivity index is 2.30. The monoisotopic (exact) mass is 308 g/mol. The molecule has 114 valence electrons. The molecule has 0 aliphatic heterocycles. The number of hydrogen-bond acceptors (Lipinski definition) is 4. The molecule has 1 heterocycles. The lowest BCUT2D eigenvalue weighted by Crippen LogP contribution is -2.26. The molecular weight excluding hydrogens is 288 g/mol. The first-order chi connectivity index (χ1) is 9.98. The molecule has 0 unspecified atom stereocenters. The van der Waals surface area contributed by atoms with Gasteiger partial charge in [-0.15, -0.1) is 0 Å². The lowest BCUT2D eigenvalue weighted by Gasteiger charge is -2.17. The zero-order chi connectivity index (χ0) is 15.5. The first-order valence-corrected chi connectivity index (χ1v) is 8.22. The van der Waals surface area contributed by atoms with Gasteiger partial charge in [0.2, 0.25) is 10.0 Å². The number of rotatable bonds is 6. The van der Waals surface area contributed by atoms with Crippen molar-refractivity contribution in [1.82, 2.24) is 4.31 Å². The Morgan fingerprint density at radius 3 is 2.57 bits per heavy atom. The summed E-state index contributed by atoms with van der Waals surface area (Å²) >= 11 is 0. The molecule has 1 aromatic heterocycles. The third-order valence-corrected chi connectivity index (χ3v) is 5.27. The molecule has 2 N–H and O–H groups in total. The van der Waals surface area contributed by atoms with Crippen LogP contribution >= 0.6 is 0 Å². The van der Waals surface area contributed by atoms with Crippen molar-refractivity contribution >= 4 is 10.0 Å². The van der Waals surface area contributed by atoms with E-state index in [1.54, 1.807) is 25.2 Å². The molecule has 0 atom stereocenters. The molecule has 2 aromatic rings. The van der Waals surface area contributed by atoms with Crippen LogP contribution in [-0.2, 0) is 29.5 Å². The molecule has 0 aliphatic rings. The van der Waals surface area contributed by atoms with Gasteiger partial charge in [0.15, 0.2) is 0 Å². The zero-order valence-corrected chi connectivity index (χ0v) is 13.1. The van der Waals surface area contributed by atoms with Crippen molar-refractivity contribution in [3.8, 4) is 0 Å². The summed E-state index contributed by atoms with van der Waals surface area (Å²) in [6.45, 7) is 2.62. The van der Waals surface area contributed by atoms with Gasteiger partial charge in [0, 0.05) is 25.7 Å². The highest BCUT2D eigenvalue weighted by molar-refractivity contribution is 7.89. The van der Waals surface area contributed by atoms with Gasteiger partial charge in [-0.05, 0) is 35.7 Å². The molecule has 0 radical (unpaired) electrons. The van der Waals surface area contributed by atoms with E-state index in [0.717, 1.165) is 23.1 Å². The molecule has 21 heavy (non-hydrogen) atoms. The van der Waals surface area contributed by atoms with E-state index in [4.69, 9.17) is 10.2 Å². The molecule has 0 saturated carbocycles.